The molecule has 0 atom stereocenters. The van der Waals surface area contributed by atoms with Gasteiger partial charge < -0.3 is 14.8 Å². The molecule has 0 unspecified atom stereocenters. The second kappa shape index (κ2) is 8.28. The fraction of sp³-hybridized carbons (Fsp3) is 0.263. The number of nitrogens with one attached hydrogen (secondary N) is 1. The van der Waals surface area contributed by atoms with Crippen LogP contribution in [0.2, 0.25) is 0 Å². The molecule has 0 aromatic heterocycles. The number of anilines is 1. The van der Waals surface area contributed by atoms with E-state index < -0.39 is 24.3 Å². The van der Waals surface area contributed by atoms with E-state index in [4.69, 9.17) is 9.47 Å². The number of hydrogen-bond acceptors (Lipinski definition) is 4. The maximum Gasteiger partial charge on any atom is 0.310 e. The number of benzene rings is 2. The van der Waals surface area contributed by atoms with Gasteiger partial charge in [0.25, 0.3) is 5.91 Å². The molecule has 1 N–H and O–H groups in total. The molecule has 0 radical (unpaired) electrons. The molecule has 0 spiro atoms. The zero-order valence-electron chi connectivity index (χ0n) is 14.4. The van der Waals surface area contributed by atoms with E-state index in [-0.39, 0.29) is 12.2 Å². The quantitative estimate of drug-likeness (QED) is 0.817. The molecule has 1 amide bonds. The van der Waals surface area contributed by atoms with Crippen LogP contribution < -0.4 is 10.1 Å². The lowest BCUT2D eigenvalue weighted by Gasteiger charge is -2.11. The Labute approximate surface area is 145 Å². The molecule has 25 heavy (non-hydrogen) atoms. The van der Waals surface area contributed by atoms with Crippen LogP contribution in [0.5, 0.6) is 5.75 Å². The summed E-state index contributed by atoms with van der Waals surface area (Å²) in [6.07, 6.45) is -0.127. The second-order valence-corrected chi connectivity index (χ2v) is 5.62. The fourth-order valence-electron chi connectivity index (χ4n) is 2.37. The highest BCUT2D eigenvalue weighted by Crippen LogP contribution is 2.19. The minimum atomic E-state index is -0.610. The van der Waals surface area contributed by atoms with Gasteiger partial charge in [0.15, 0.2) is 18.2 Å². The number of rotatable bonds is 6. The Morgan fingerprint density at radius 3 is 2.40 bits per heavy atom. The first-order valence-electron chi connectivity index (χ1n) is 7.75. The Hall–Kier alpha value is -2.89. The van der Waals surface area contributed by atoms with Crippen molar-refractivity contribution in [2.24, 2.45) is 0 Å². The lowest BCUT2D eigenvalue weighted by molar-refractivity contribution is -0.146. The van der Waals surface area contributed by atoms with Gasteiger partial charge >= 0.3 is 5.97 Å². The number of aryl methyl sites for hydroxylation is 2. The molecule has 0 aliphatic carbocycles. The Morgan fingerprint density at radius 2 is 1.80 bits per heavy atom. The van der Waals surface area contributed by atoms with E-state index in [0.29, 0.717) is 11.3 Å². The van der Waals surface area contributed by atoms with Crippen molar-refractivity contribution in [2.45, 2.75) is 20.3 Å². The molecule has 2 rings (SSSR count). The van der Waals surface area contributed by atoms with Crippen molar-refractivity contribution >= 4 is 17.6 Å². The van der Waals surface area contributed by atoms with Crippen LogP contribution >= 0.6 is 0 Å². The van der Waals surface area contributed by atoms with Gasteiger partial charge in [-0.05, 0) is 42.7 Å². The Kier molecular flexibility index (Phi) is 6.11. The summed E-state index contributed by atoms with van der Waals surface area (Å²) in [5.41, 5.74) is 3.00. The monoisotopic (exact) mass is 345 g/mol. The van der Waals surface area contributed by atoms with E-state index in [1.807, 2.05) is 32.0 Å². The number of carbonyl (C=O) groups excluding carboxylic acids is 2. The number of methoxy groups -OCH3 is 1. The van der Waals surface area contributed by atoms with Crippen molar-refractivity contribution in [3.8, 4) is 5.75 Å². The van der Waals surface area contributed by atoms with Crippen molar-refractivity contribution in [2.75, 3.05) is 19.0 Å². The summed E-state index contributed by atoms with van der Waals surface area (Å²) in [7, 11) is 1.36. The molecule has 0 aliphatic rings. The third-order valence-corrected chi connectivity index (χ3v) is 3.67. The largest absolute Gasteiger partial charge is 0.494 e. The van der Waals surface area contributed by atoms with Gasteiger partial charge in [-0.1, -0.05) is 24.3 Å². The van der Waals surface area contributed by atoms with E-state index in [1.54, 1.807) is 6.07 Å². The van der Waals surface area contributed by atoms with Crippen LogP contribution in [0.3, 0.4) is 0 Å². The summed E-state index contributed by atoms with van der Waals surface area (Å²) in [6.45, 7) is 3.37. The van der Waals surface area contributed by atoms with Crippen molar-refractivity contribution in [1.82, 2.24) is 0 Å². The van der Waals surface area contributed by atoms with Gasteiger partial charge in [0.1, 0.15) is 0 Å². The normalized spacial score (nSPS) is 10.2. The number of hydrogen-bond donors (Lipinski definition) is 1. The van der Waals surface area contributed by atoms with Gasteiger partial charge in [-0.2, -0.15) is 0 Å². The molecular formula is C19H20FNO4. The molecule has 0 saturated heterocycles. The van der Waals surface area contributed by atoms with Crippen molar-refractivity contribution < 1.29 is 23.5 Å². The molecule has 2 aromatic carbocycles. The predicted octanol–water partition coefficient (Wildman–Crippen LogP) is 3.18. The van der Waals surface area contributed by atoms with Crippen LogP contribution in [0, 0.1) is 19.7 Å². The van der Waals surface area contributed by atoms with Gasteiger partial charge in [0.05, 0.1) is 13.5 Å². The molecule has 5 nitrogen and oxygen atoms in total. The molecule has 0 fully saturated rings. The summed E-state index contributed by atoms with van der Waals surface area (Å²) >= 11 is 0. The molecule has 0 bridgehead atoms. The van der Waals surface area contributed by atoms with E-state index in [1.165, 1.54) is 19.2 Å². The van der Waals surface area contributed by atoms with Crippen molar-refractivity contribution in [1.29, 1.82) is 0 Å². The van der Waals surface area contributed by atoms with Gasteiger partial charge in [-0.25, -0.2) is 4.39 Å². The average molecular weight is 345 g/mol. The lowest BCUT2D eigenvalue weighted by Crippen LogP contribution is -2.22. The first-order valence-corrected chi connectivity index (χ1v) is 7.75. The van der Waals surface area contributed by atoms with E-state index in [2.05, 4.69) is 5.32 Å². The smallest absolute Gasteiger partial charge is 0.310 e. The molecule has 2 aromatic rings. The van der Waals surface area contributed by atoms with Crippen molar-refractivity contribution in [3.05, 3.63) is 58.9 Å². The van der Waals surface area contributed by atoms with E-state index >= 15 is 0 Å². The fourth-order valence-corrected chi connectivity index (χ4v) is 2.37. The highest BCUT2D eigenvalue weighted by Gasteiger charge is 2.12. The van der Waals surface area contributed by atoms with Gasteiger partial charge in [0, 0.05) is 5.69 Å². The number of ether oxygens (including phenoxy) is 2. The molecule has 0 heterocycles. The second-order valence-electron chi connectivity index (χ2n) is 5.62. The molecule has 0 aliphatic heterocycles. The summed E-state index contributed by atoms with van der Waals surface area (Å²) in [6, 6.07) is 9.87. The SMILES string of the molecule is COc1ccc(CC(=O)OCC(=O)Nc2c(C)cccc2C)cc1F. The lowest BCUT2D eigenvalue weighted by atomic mass is 10.1. The predicted molar refractivity (Wildman–Crippen MR) is 92.2 cm³/mol. The Morgan fingerprint density at radius 1 is 1.12 bits per heavy atom. The van der Waals surface area contributed by atoms with Crippen LogP contribution in [0.4, 0.5) is 10.1 Å². The average Bonchev–Trinajstić information content (AvgIpc) is 2.57. The first kappa shape index (κ1) is 18.4. The molecule has 6 heteroatoms. The van der Waals surface area contributed by atoms with Crippen LogP contribution in [-0.4, -0.2) is 25.6 Å². The topological polar surface area (TPSA) is 64.6 Å². The summed E-state index contributed by atoms with van der Waals surface area (Å²) < 4.78 is 23.4. The first-order chi connectivity index (χ1) is 11.9. The maximum atomic E-state index is 13.6. The van der Waals surface area contributed by atoms with E-state index in [9.17, 15) is 14.0 Å². The summed E-state index contributed by atoms with van der Waals surface area (Å²) in [5, 5.41) is 2.73. The maximum absolute atomic E-state index is 13.6. The minimum Gasteiger partial charge on any atom is -0.494 e. The van der Waals surface area contributed by atoms with Crippen molar-refractivity contribution in [3.63, 3.8) is 0 Å². The number of esters is 1. The zero-order chi connectivity index (χ0) is 18.4. The van der Waals surface area contributed by atoms with Crippen LogP contribution in [-0.2, 0) is 20.7 Å². The Bertz CT molecular complexity index is 769. The molecular weight excluding hydrogens is 325 g/mol. The number of para-hydroxylation sites is 1. The highest BCUT2D eigenvalue weighted by atomic mass is 19.1. The molecule has 0 saturated carbocycles. The summed E-state index contributed by atoms with van der Waals surface area (Å²) in [5.74, 6) is -1.49. The number of carbonyl (C=O) groups is 2. The number of amides is 1. The minimum absolute atomic E-state index is 0.102. The molecule has 132 valence electrons. The van der Waals surface area contributed by atoms with Gasteiger partial charge in [0.2, 0.25) is 0 Å². The Balaban J connectivity index is 1.87. The highest BCUT2D eigenvalue weighted by molar-refractivity contribution is 5.94. The van der Waals surface area contributed by atoms with E-state index in [0.717, 1.165) is 11.1 Å². The zero-order valence-corrected chi connectivity index (χ0v) is 14.4. The third kappa shape index (κ3) is 5.04. The standard InChI is InChI=1S/C19H20FNO4/c1-12-5-4-6-13(2)19(12)21-17(22)11-25-18(23)10-14-7-8-16(24-3)15(20)9-14/h4-9H,10-11H2,1-3H3,(H,21,22). The van der Waals surface area contributed by atoms with Gasteiger partial charge in [-0.15, -0.1) is 0 Å². The van der Waals surface area contributed by atoms with Gasteiger partial charge in [-0.3, -0.25) is 9.59 Å². The van der Waals surface area contributed by atoms with Crippen LogP contribution in [0.1, 0.15) is 16.7 Å². The summed E-state index contributed by atoms with van der Waals surface area (Å²) in [4.78, 5) is 23.8. The van der Waals surface area contributed by atoms with Crippen LogP contribution in [0.25, 0.3) is 0 Å². The van der Waals surface area contributed by atoms with Crippen LogP contribution in [0.15, 0.2) is 36.4 Å². The third-order valence-electron chi connectivity index (χ3n) is 3.67. The number of halogens is 1.